The average molecular weight is 379 g/mol. The number of aromatic nitrogens is 3. The largest absolute Gasteiger partial charge is 0.368 e. The normalized spacial score (nSPS) is 11.4. The minimum atomic E-state index is -3.35. The van der Waals surface area contributed by atoms with E-state index in [1.165, 1.54) is 12.3 Å². The van der Waals surface area contributed by atoms with E-state index < -0.39 is 9.84 Å². The van der Waals surface area contributed by atoms with E-state index >= 15 is 0 Å². The third-order valence-corrected chi connectivity index (χ3v) is 4.72. The van der Waals surface area contributed by atoms with Crippen LogP contribution in [-0.2, 0) is 16.3 Å². The molecule has 130 valence electrons. The number of anilines is 1. The Morgan fingerprint density at radius 3 is 2.84 bits per heavy atom. The molecule has 0 aliphatic carbocycles. The van der Waals surface area contributed by atoms with Crippen molar-refractivity contribution in [1.29, 1.82) is 0 Å². The maximum Gasteiger partial charge on any atom is 0.228 e. The fraction of sp³-hybridized carbons (Fsp3) is 0.188. The molecular formula is C16H15ClN4O3S. The SMILES string of the molecule is CS(=O)(=O)c1cccnc1NCCc1nc(-c2cccc(Cl)c2)no1. The molecule has 1 aromatic carbocycles. The highest BCUT2D eigenvalue weighted by atomic mass is 35.5. The zero-order valence-corrected chi connectivity index (χ0v) is 14.9. The molecule has 0 aliphatic rings. The number of hydrogen-bond acceptors (Lipinski definition) is 7. The molecule has 0 bridgehead atoms. The van der Waals surface area contributed by atoms with E-state index in [0.717, 1.165) is 11.8 Å². The summed E-state index contributed by atoms with van der Waals surface area (Å²) in [7, 11) is -3.35. The molecule has 2 heterocycles. The van der Waals surface area contributed by atoms with Crippen molar-refractivity contribution in [2.75, 3.05) is 18.1 Å². The highest BCUT2D eigenvalue weighted by Crippen LogP contribution is 2.20. The number of hydrogen-bond donors (Lipinski definition) is 1. The first kappa shape index (κ1) is 17.4. The van der Waals surface area contributed by atoms with Crippen LogP contribution in [0.25, 0.3) is 11.4 Å². The predicted octanol–water partition coefficient (Wildman–Crippen LogP) is 2.84. The standard InChI is InChI=1S/C16H15ClN4O3S/c1-25(22,23)13-6-3-8-18-16(13)19-9-7-14-20-15(21-24-14)11-4-2-5-12(17)10-11/h2-6,8,10H,7,9H2,1H3,(H,18,19). The van der Waals surface area contributed by atoms with Crippen molar-refractivity contribution >= 4 is 27.3 Å². The lowest BCUT2D eigenvalue weighted by atomic mass is 10.2. The first-order valence-electron chi connectivity index (χ1n) is 7.41. The molecule has 0 amide bonds. The van der Waals surface area contributed by atoms with Crippen LogP contribution in [0.5, 0.6) is 0 Å². The summed E-state index contributed by atoms with van der Waals surface area (Å²) in [5.41, 5.74) is 0.763. The van der Waals surface area contributed by atoms with E-state index in [1.54, 1.807) is 18.2 Å². The molecule has 9 heteroatoms. The van der Waals surface area contributed by atoms with Gasteiger partial charge in [-0.15, -0.1) is 0 Å². The van der Waals surface area contributed by atoms with Crippen molar-refractivity contribution in [3.8, 4) is 11.4 Å². The molecule has 7 nitrogen and oxygen atoms in total. The van der Waals surface area contributed by atoms with Gasteiger partial charge in [0.15, 0.2) is 9.84 Å². The van der Waals surface area contributed by atoms with Crippen LogP contribution < -0.4 is 5.32 Å². The van der Waals surface area contributed by atoms with Crippen molar-refractivity contribution in [3.05, 3.63) is 53.5 Å². The Kier molecular flexibility index (Phi) is 5.00. The van der Waals surface area contributed by atoms with Gasteiger partial charge < -0.3 is 9.84 Å². The topological polar surface area (TPSA) is 98.0 Å². The van der Waals surface area contributed by atoms with Crippen molar-refractivity contribution < 1.29 is 12.9 Å². The van der Waals surface area contributed by atoms with Crippen LogP contribution in [-0.4, -0.2) is 36.3 Å². The van der Waals surface area contributed by atoms with Gasteiger partial charge in [0.1, 0.15) is 10.7 Å². The van der Waals surface area contributed by atoms with Gasteiger partial charge in [0, 0.05) is 36.0 Å². The van der Waals surface area contributed by atoms with Crippen molar-refractivity contribution in [3.63, 3.8) is 0 Å². The number of nitrogens with zero attached hydrogens (tertiary/aromatic N) is 3. The second kappa shape index (κ2) is 7.20. The van der Waals surface area contributed by atoms with Gasteiger partial charge >= 0.3 is 0 Å². The molecule has 3 aromatic rings. The number of pyridine rings is 1. The molecule has 25 heavy (non-hydrogen) atoms. The third kappa shape index (κ3) is 4.34. The monoisotopic (exact) mass is 378 g/mol. The molecule has 0 spiro atoms. The van der Waals surface area contributed by atoms with Gasteiger partial charge in [0.25, 0.3) is 0 Å². The first-order chi connectivity index (χ1) is 11.9. The summed E-state index contributed by atoms with van der Waals surface area (Å²) in [6, 6.07) is 10.3. The maximum atomic E-state index is 11.7. The summed E-state index contributed by atoms with van der Waals surface area (Å²) in [5.74, 6) is 1.19. The lowest BCUT2D eigenvalue weighted by Crippen LogP contribution is -2.10. The maximum absolute atomic E-state index is 11.7. The molecule has 2 aromatic heterocycles. The molecule has 3 rings (SSSR count). The van der Waals surface area contributed by atoms with Crippen LogP contribution in [0.15, 0.2) is 52.0 Å². The molecule has 0 aliphatic heterocycles. The minimum absolute atomic E-state index is 0.153. The molecule has 0 saturated heterocycles. The van der Waals surface area contributed by atoms with E-state index in [1.807, 2.05) is 12.1 Å². The van der Waals surface area contributed by atoms with Gasteiger partial charge in [-0.05, 0) is 24.3 Å². The summed E-state index contributed by atoms with van der Waals surface area (Å²) < 4.78 is 28.7. The minimum Gasteiger partial charge on any atom is -0.368 e. The van der Waals surface area contributed by atoms with Gasteiger partial charge in [-0.2, -0.15) is 4.98 Å². The zero-order chi connectivity index (χ0) is 17.9. The van der Waals surface area contributed by atoms with Crippen molar-refractivity contribution in [1.82, 2.24) is 15.1 Å². The molecule has 0 atom stereocenters. The summed E-state index contributed by atoms with van der Waals surface area (Å²) in [6.45, 7) is 0.400. The van der Waals surface area contributed by atoms with Crippen LogP contribution in [0.1, 0.15) is 5.89 Å². The van der Waals surface area contributed by atoms with Gasteiger partial charge in [0.05, 0.1) is 0 Å². The second-order valence-electron chi connectivity index (χ2n) is 5.32. The summed E-state index contributed by atoms with van der Waals surface area (Å²) in [5, 5.41) is 7.50. The van der Waals surface area contributed by atoms with Gasteiger partial charge in [0.2, 0.25) is 11.7 Å². The molecule has 0 radical (unpaired) electrons. The number of benzene rings is 1. The van der Waals surface area contributed by atoms with E-state index in [9.17, 15) is 8.42 Å². The van der Waals surface area contributed by atoms with E-state index in [-0.39, 0.29) is 4.90 Å². The van der Waals surface area contributed by atoms with E-state index in [2.05, 4.69) is 20.4 Å². The zero-order valence-electron chi connectivity index (χ0n) is 13.3. The van der Waals surface area contributed by atoms with Gasteiger partial charge in [-0.1, -0.05) is 28.9 Å². The number of sulfone groups is 1. The molecule has 1 N–H and O–H groups in total. The summed E-state index contributed by atoms with van der Waals surface area (Å²) in [4.78, 5) is 8.53. The van der Waals surface area contributed by atoms with Crippen molar-refractivity contribution in [2.24, 2.45) is 0 Å². The van der Waals surface area contributed by atoms with Gasteiger partial charge in [-0.25, -0.2) is 13.4 Å². The van der Waals surface area contributed by atoms with E-state index in [0.29, 0.717) is 35.5 Å². The number of rotatable bonds is 6. The quantitative estimate of drug-likeness (QED) is 0.704. The van der Waals surface area contributed by atoms with E-state index in [4.69, 9.17) is 16.1 Å². The summed E-state index contributed by atoms with van der Waals surface area (Å²) in [6.07, 6.45) is 3.10. The van der Waals surface area contributed by atoms with Crippen LogP contribution in [0.3, 0.4) is 0 Å². The first-order valence-corrected chi connectivity index (χ1v) is 9.68. The molecular weight excluding hydrogens is 364 g/mol. The Labute approximate surface area is 150 Å². The number of nitrogens with one attached hydrogen (secondary N) is 1. The highest BCUT2D eigenvalue weighted by Gasteiger charge is 2.14. The van der Waals surface area contributed by atoms with Crippen LogP contribution in [0.4, 0.5) is 5.82 Å². The van der Waals surface area contributed by atoms with Crippen molar-refractivity contribution in [2.45, 2.75) is 11.3 Å². The fourth-order valence-corrected chi connectivity index (χ4v) is 3.20. The average Bonchev–Trinajstić information content (AvgIpc) is 3.03. The summed E-state index contributed by atoms with van der Waals surface area (Å²) >= 11 is 5.95. The smallest absolute Gasteiger partial charge is 0.228 e. The highest BCUT2D eigenvalue weighted by molar-refractivity contribution is 7.90. The lowest BCUT2D eigenvalue weighted by Gasteiger charge is -2.08. The fourth-order valence-electron chi connectivity index (χ4n) is 2.21. The Hall–Kier alpha value is -2.45. The van der Waals surface area contributed by atoms with Crippen LogP contribution in [0.2, 0.25) is 5.02 Å². The van der Waals surface area contributed by atoms with Gasteiger partial charge in [-0.3, -0.25) is 0 Å². The van der Waals surface area contributed by atoms with Crippen LogP contribution >= 0.6 is 11.6 Å². The predicted molar refractivity (Wildman–Crippen MR) is 94.3 cm³/mol. The molecule has 0 fully saturated rings. The Morgan fingerprint density at radius 2 is 2.08 bits per heavy atom. The Morgan fingerprint density at radius 1 is 1.24 bits per heavy atom. The Bertz CT molecular complexity index is 988. The third-order valence-electron chi connectivity index (χ3n) is 3.35. The molecule has 0 unspecified atom stereocenters. The second-order valence-corrected chi connectivity index (χ2v) is 7.74. The van der Waals surface area contributed by atoms with Crippen LogP contribution in [0, 0.1) is 0 Å². The molecule has 0 saturated carbocycles. The number of halogens is 1. The Balaban J connectivity index is 1.66. The lowest BCUT2D eigenvalue weighted by molar-refractivity contribution is 0.381.